The molecular formula is C19H23NO6S2. The largest absolute Gasteiger partial charge is 0.490 e. The molecule has 0 saturated carbocycles. The summed E-state index contributed by atoms with van der Waals surface area (Å²) in [6, 6.07) is 6.33. The van der Waals surface area contributed by atoms with Gasteiger partial charge in [-0.15, -0.1) is 11.3 Å². The molecule has 1 atom stereocenters. The van der Waals surface area contributed by atoms with E-state index in [4.69, 9.17) is 14.2 Å². The average Bonchev–Trinajstić information content (AvgIpc) is 3.05. The molecule has 1 aromatic heterocycles. The van der Waals surface area contributed by atoms with Gasteiger partial charge >= 0.3 is 5.97 Å². The summed E-state index contributed by atoms with van der Waals surface area (Å²) >= 11 is 1.03. The summed E-state index contributed by atoms with van der Waals surface area (Å²) in [4.78, 5) is 11.9. The molecule has 0 aliphatic carbocycles. The van der Waals surface area contributed by atoms with Crippen LogP contribution in [0.1, 0.15) is 41.5 Å². The van der Waals surface area contributed by atoms with Crippen LogP contribution in [0.2, 0.25) is 0 Å². The minimum absolute atomic E-state index is 0.0419. The Morgan fingerprint density at radius 3 is 2.57 bits per heavy atom. The number of benzene rings is 1. The van der Waals surface area contributed by atoms with E-state index in [0.717, 1.165) is 23.3 Å². The number of hydrogen-bond donors (Lipinski definition) is 1. The standard InChI is InChI=1S/C19H23NO6S2/c1-12(2)17(13-5-6-14-15(11-13)26-9-4-8-25-14)20-28(22,23)16-7-10-27-18(16)19(21)24-3/h5-7,10-12,17,20H,4,8-9H2,1-3H3/t17-/m0/s1. The Kier molecular flexibility index (Phi) is 6.26. The van der Waals surface area contributed by atoms with Gasteiger partial charge in [0.2, 0.25) is 10.0 Å². The second-order valence-corrected chi connectivity index (χ2v) is 9.30. The highest BCUT2D eigenvalue weighted by atomic mass is 32.2. The van der Waals surface area contributed by atoms with Gasteiger partial charge in [-0.2, -0.15) is 0 Å². The van der Waals surface area contributed by atoms with Gasteiger partial charge in [-0.05, 0) is 35.1 Å². The normalized spacial score (nSPS) is 15.1. The number of rotatable bonds is 6. The maximum Gasteiger partial charge on any atom is 0.349 e. The van der Waals surface area contributed by atoms with E-state index in [9.17, 15) is 13.2 Å². The van der Waals surface area contributed by atoms with E-state index >= 15 is 0 Å². The second kappa shape index (κ2) is 8.50. The Morgan fingerprint density at radius 1 is 1.18 bits per heavy atom. The molecule has 2 aromatic rings. The van der Waals surface area contributed by atoms with Crippen LogP contribution in [-0.2, 0) is 14.8 Å². The molecule has 0 unspecified atom stereocenters. The van der Waals surface area contributed by atoms with Crippen LogP contribution < -0.4 is 14.2 Å². The first-order chi connectivity index (χ1) is 13.3. The Hall–Kier alpha value is -2.10. The van der Waals surface area contributed by atoms with Crippen molar-refractivity contribution in [3.05, 3.63) is 40.1 Å². The first kappa shape index (κ1) is 20.6. The number of ether oxygens (including phenoxy) is 3. The maximum absolute atomic E-state index is 13.0. The maximum atomic E-state index is 13.0. The van der Waals surface area contributed by atoms with Gasteiger partial charge in [0.25, 0.3) is 0 Å². The topological polar surface area (TPSA) is 90.9 Å². The number of fused-ring (bicyclic) bond motifs is 1. The van der Waals surface area contributed by atoms with E-state index in [1.54, 1.807) is 11.4 Å². The van der Waals surface area contributed by atoms with Gasteiger partial charge in [-0.25, -0.2) is 17.9 Å². The molecule has 0 fully saturated rings. The van der Waals surface area contributed by atoms with E-state index in [1.807, 2.05) is 26.0 Å². The summed E-state index contributed by atoms with van der Waals surface area (Å²) in [7, 11) is -2.71. The SMILES string of the molecule is COC(=O)c1sccc1S(=O)(=O)N[C@H](c1ccc2c(c1)OCCCO2)C(C)C. The van der Waals surface area contributed by atoms with E-state index < -0.39 is 22.0 Å². The molecule has 1 N–H and O–H groups in total. The lowest BCUT2D eigenvalue weighted by Gasteiger charge is -2.23. The van der Waals surface area contributed by atoms with Crippen LogP contribution in [-0.4, -0.2) is 34.7 Å². The second-order valence-electron chi connectivity index (χ2n) is 6.71. The van der Waals surface area contributed by atoms with Crippen molar-refractivity contribution in [1.29, 1.82) is 0 Å². The first-order valence-corrected chi connectivity index (χ1v) is 11.3. The number of thiophene rings is 1. The number of hydrogen-bond acceptors (Lipinski definition) is 7. The molecule has 0 bridgehead atoms. The molecule has 0 amide bonds. The van der Waals surface area contributed by atoms with Gasteiger partial charge < -0.3 is 14.2 Å². The number of methoxy groups -OCH3 is 1. The monoisotopic (exact) mass is 425 g/mol. The first-order valence-electron chi connectivity index (χ1n) is 8.91. The third-order valence-electron chi connectivity index (χ3n) is 4.37. The Bertz CT molecular complexity index is 951. The van der Waals surface area contributed by atoms with Gasteiger partial charge in [-0.3, -0.25) is 0 Å². The molecule has 1 aliphatic heterocycles. The molecular weight excluding hydrogens is 402 g/mol. The summed E-state index contributed by atoms with van der Waals surface area (Å²) < 4.78 is 44.8. The minimum atomic E-state index is -3.94. The van der Waals surface area contributed by atoms with Crippen LogP contribution >= 0.6 is 11.3 Å². The van der Waals surface area contributed by atoms with Crippen molar-refractivity contribution < 1.29 is 27.4 Å². The minimum Gasteiger partial charge on any atom is -0.490 e. The highest BCUT2D eigenvalue weighted by Gasteiger charge is 2.29. The van der Waals surface area contributed by atoms with Gasteiger partial charge in [0.15, 0.2) is 11.5 Å². The zero-order chi connectivity index (χ0) is 20.3. The van der Waals surface area contributed by atoms with E-state index in [2.05, 4.69) is 4.72 Å². The number of carbonyl (C=O) groups excluding carboxylic acids is 1. The van der Waals surface area contributed by atoms with Crippen molar-refractivity contribution in [2.45, 2.75) is 31.2 Å². The highest BCUT2D eigenvalue weighted by Crippen LogP contribution is 2.35. The zero-order valence-corrected chi connectivity index (χ0v) is 17.6. The predicted molar refractivity (Wildman–Crippen MR) is 106 cm³/mol. The average molecular weight is 426 g/mol. The molecule has 152 valence electrons. The smallest absolute Gasteiger partial charge is 0.349 e. The number of nitrogens with one attached hydrogen (secondary N) is 1. The lowest BCUT2D eigenvalue weighted by atomic mass is 9.97. The Morgan fingerprint density at radius 2 is 1.89 bits per heavy atom. The van der Waals surface area contributed by atoms with Gasteiger partial charge in [0.05, 0.1) is 20.3 Å². The van der Waals surface area contributed by atoms with Gasteiger partial charge in [0.1, 0.15) is 9.77 Å². The van der Waals surface area contributed by atoms with Crippen molar-refractivity contribution in [3.63, 3.8) is 0 Å². The lowest BCUT2D eigenvalue weighted by molar-refractivity contribution is 0.0602. The number of esters is 1. The molecule has 3 rings (SSSR count). The van der Waals surface area contributed by atoms with E-state index in [-0.39, 0.29) is 15.7 Å². The quantitative estimate of drug-likeness (QED) is 0.714. The Balaban J connectivity index is 1.93. The molecule has 2 heterocycles. The molecule has 9 heteroatoms. The molecule has 1 aliphatic rings. The van der Waals surface area contributed by atoms with Crippen LogP contribution in [0, 0.1) is 5.92 Å². The van der Waals surface area contributed by atoms with Gasteiger partial charge in [0, 0.05) is 12.5 Å². The highest BCUT2D eigenvalue weighted by molar-refractivity contribution is 7.89. The van der Waals surface area contributed by atoms with Crippen molar-refractivity contribution >= 4 is 27.3 Å². The summed E-state index contributed by atoms with van der Waals surface area (Å²) in [5.74, 6) is 0.537. The lowest BCUT2D eigenvalue weighted by Crippen LogP contribution is -2.32. The third-order valence-corrected chi connectivity index (χ3v) is 6.88. The fourth-order valence-corrected chi connectivity index (χ4v) is 5.65. The summed E-state index contributed by atoms with van der Waals surface area (Å²) in [5, 5.41) is 1.55. The molecule has 0 saturated heterocycles. The predicted octanol–water partition coefficient (Wildman–Crippen LogP) is 3.37. The fourth-order valence-electron chi connectivity index (χ4n) is 2.94. The van der Waals surface area contributed by atoms with Crippen LogP contribution in [0.4, 0.5) is 0 Å². The fraction of sp³-hybridized carbons (Fsp3) is 0.421. The van der Waals surface area contributed by atoms with Gasteiger partial charge in [-0.1, -0.05) is 19.9 Å². The molecule has 0 spiro atoms. The van der Waals surface area contributed by atoms with E-state index in [0.29, 0.717) is 24.7 Å². The summed E-state index contributed by atoms with van der Waals surface area (Å²) in [6.07, 6.45) is 0.790. The van der Waals surface area contributed by atoms with Crippen LogP contribution in [0.15, 0.2) is 34.5 Å². The zero-order valence-electron chi connectivity index (χ0n) is 15.9. The molecule has 7 nitrogen and oxygen atoms in total. The van der Waals surface area contributed by atoms with Crippen LogP contribution in [0.5, 0.6) is 11.5 Å². The molecule has 1 aromatic carbocycles. The van der Waals surface area contributed by atoms with E-state index in [1.165, 1.54) is 13.2 Å². The van der Waals surface area contributed by atoms with Crippen molar-refractivity contribution in [2.24, 2.45) is 5.92 Å². The number of sulfonamides is 1. The number of carbonyl (C=O) groups is 1. The third kappa shape index (κ3) is 4.31. The van der Waals surface area contributed by atoms with Crippen molar-refractivity contribution in [1.82, 2.24) is 4.72 Å². The van der Waals surface area contributed by atoms with Crippen molar-refractivity contribution in [2.75, 3.05) is 20.3 Å². The van der Waals surface area contributed by atoms with Crippen molar-refractivity contribution in [3.8, 4) is 11.5 Å². The Labute approximate surface area is 168 Å². The summed E-state index contributed by atoms with van der Waals surface area (Å²) in [6.45, 7) is 4.98. The van der Waals surface area contributed by atoms with Crippen LogP contribution in [0.3, 0.4) is 0 Å². The molecule has 0 radical (unpaired) electrons. The van der Waals surface area contributed by atoms with Crippen LogP contribution in [0.25, 0.3) is 0 Å². The molecule has 28 heavy (non-hydrogen) atoms. The summed E-state index contributed by atoms with van der Waals surface area (Å²) in [5.41, 5.74) is 0.762.